The Labute approximate surface area is 137 Å². The monoisotopic (exact) mass is 305 g/mol. The Morgan fingerprint density at radius 2 is 1.70 bits per heavy atom. The van der Waals surface area contributed by atoms with Crippen LogP contribution in [0.1, 0.15) is 20.3 Å². The minimum Gasteiger partial charge on any atom is -0.384 e. The summed E-state index contributed by atoms with van der Waals surface area (Å²) in [6.07, 6.45) is 0.907. The van der Waals surface area contributed by atoms with Crippen LogP contribution in [0.5, 0.6) is 0 Å². The highest BCUT2D eigenvalue weighted by molar-refractivity contribution is 5.93. The number of hydrogen-bond acceptors (Lipinski definition) is 3. The molecule has 0 amide bonds. The van der Waals surface area contributed by atoms with Crippen molar-refractivity contribution in [1.82, 2.24) is 4.98 Å². The lowest BCUT2D eigenvalue weighted by Crippen LogP contribution is -2.34. The van der Waals surface area contributed by atoms with E-state index in [1.807, 2.05) is 30.3 Å². The highest BCUT2D eigenvalue weighted by Crippen LogP contribution is 2.28. The summed E-state index contributed by atoms with van der Waals surface area (Å²) < 4.78 is 0. The second-order valence-electron chi connectivity index (χ2n) is 6.60. The van der Waals surface area contributed by atoms with Gasteiger partial charge in [-0.1, -0.05) is 48.5 Å². The van der Waals surface area contributed by atoms with Gasteiger partial charge in [-0.2, -0.15) is 0 Å². The van der Waals surface area contributed by atoms with E-state index in [1.165, 1.54) is 0 Å². The van der Waals surface area contributed by atoms with E-state index in [0.717, 1.165) is 40.8 Å². The first kappa shape index (κ1) is 15.5. The van der Waals surface area contributed by atoms with E-state index in [1.54, 1.807) is 0 Å². The molecule has 0 saturated carbocycles. The van der Waals surface area contributed by atoms with Gasteiger partial charge >= 0.3 is 0 Å². The predicted molar refractivity (Wildman–Crippen MR) is 98.6 cm³/mol. The maximum absolute atomic E-state index is 6.08. The maximum atomic E-state index is 6.08. The van der Waals surface area contributed by atoms with Gasteiger partial charge in [-0.25, -0.2) is 4.98 Å². The van der Waals surface area contributed by atoms with E-state index in [-0.39, 0.29) is 5.54 Å². The fraction of sp³-hybridized carbons (Fsp3) is 0.250. The number of rotatable bonds is 5. The minimum atomic E-state index is -0.169. The van der Waals surface area contributed by atoms with Gasteiger partial charge in [-0.3, -0.25) is 0 Å². The van der Waals surface area contributed by atoms with E-state index in [4.69, 9.17) is 10.7 Å². The standard InChI is InChI=1S/C20H23N3/c1-20(2,21)12-13-22-19-14-18(15-8-4-3-5-9-15)23-17-11-7-6-10-16(17)19/h3-11,14H,12-13,21H2,1-2H3,(H,22,23). The molecule has 3 aromatic rings. The summed E-state index contributed by atoms with van der Waals surface area (Å²) in [5.41, 5.74) is 10.1. The second-order valence-corrected chi connectivity index (χ2v) is 6.60. The third kappa shape index (κ3) is 3.88. The van der Waals surface area contributed by atoms with Crippen molar-refractivity contribution in [2.75, 3.05) is 11.9 Å². The number of anilines is 1. The third-order valence-corrected chi connectivity index (χ3v) is 3.87. The number of benzene rings is 2. The number of para-hydroxylation sites is 1. The lowest BCUT2D eigenvalue weighted by molar-refractivity contribution is 0.491. The molecule has 0 saturated heterocycles. The number of pyridine rings is 1. The van der Waals surface area contributed by atoms with Gasteiger partial charge in [-0.05, 0) is 32.4 Å². The van der Waals surface area contributed by atoms with Gasteiger partial charge in [-0.15, -0.1) is 0 Å². The molecule has 3 rings (SSSR count). The number of hydrogen-bond donors (Lipinski definition) is 2. The van der Waals surface area contributed by atoms with Gasteiger partial charge < -0.3 is 11.1 Å². The van der Waals surface area contributed by atoms with Crippen molar-refractivity contribution in [2.24, 2.45) is 5.73 Å². The normalized spacial score (nSPS) is 11.6. The lowest BCUT2D eigenvalue weighted by atomic mass is 10.0. The molecule has 23 heavy (non-hydrogen) atoms. The summed E-state index contributed by atoms with van der Waals surface area (Å²) in [7, 11) is 0. The summed E-state index contributed by atoms with van der Waals surface area (Å²) >= 11 is 0. The first-order chi connectivity index (χ1) is 11.0. The second kappa shape index (κ2) is 6.39. The van der Waals surface area contributed by atoms with Crippen LogP contribution < -0.4 is 11.1 Å². The largest absolute Gasteiger partial charge is 0.384 e. The minimum absolute atomic E-state index is 0.169. The molecule has 0 spiro atoms. The zero-order valence-electron chi connectivity index (χ0n) is 13.7. The summed E-state index contributed by atoms with van der Waals surface area (Å²) in [5.74, 6) is 0. The summed E-state index contributed by atoms with van der Waals surface area (Å²) in [6.45, 7) is 4.94. The summed E-state index contributed by atoms with van der Waals surface area (Å²) in [4.78, 5) is 4.80. The predicted octanol–water partition coefficient (Wildman–Crippen LogP) is 4.44. The van der Waals surface area contributed by atoms with Gasteiger partial charge in [0.05, 0.1) is 11.2 Å². The third-order valence-electron chi connectivity index (χ3n) is 3.87. The molecule has 3 heteroatoms. The Hall–Kier alpha value is -2.39. The number of nitrogens with zero attached hydrogens (tertiary/aromatic N) is 1. The number of nitrogens with one attached hydrogen (secondary N) is 1. The number of aromatic nitrogens is 1. The fourth-order valence-corrected chi connectivity index (χ4v) is 2.60. The number of nitrogens with two attached hydrogens (primary N) is 1. The quantitative estimate of drug-likeness (QED) is 0.732. The van der Waals surface area contributed by atoms with Crippen LogP contribution in [0.2, 0.25) is 0 Å². The Morgan fingerprint density at radius 1 is 1.00 bits per heavy atom. The lowest BCUT2D eigenvalue weighted by Gasteiger charge is -2.19. The van der Waals surface area contributed by atoms with Crippen molar-refractivity contribution in [3.63, 3.8) is 0 Å². The Morgan fingerprint density at radius 3 is 2.43 bits per heavy atom. The molecule has 3 nitrogen and oxygen atoms in total. The van der Waals surface area contributed by atoms with Crippen LogP contribution in [0.4, 0.5) is 5.69 Å². The van der Waals surface area contributed by atoms with Crippen molar-refractivity contribution in [3.8, 4) is 11.3 Å². The topological polar surface area (TPSA) is 50.9 Å². The van der Waals surface area contributed by atoms with Gasteiger partial charge in [0.2, 0.25) is 0 Å². The Bertz CT molecular complexity index is 789. The summed E-state index contributed by atoms with van der Waals surface area (Å²) in [5, 5.41) is 4.68. The molecule has 1 heterocycles. The molecule has 0 unspecified atom stereocenters. The van der Waals surface area contributed by atoms with Crippen LogP contribution in [-0.2, 0) is 0 Å². The molecular formula is C20H23N3. The molecule has 118 valence electrons. The van der Waals surface area contributed by atoms with Crippen molar-refractivity contribution in [3.05, 3.63) is 60.7 Å². The van der Waals surface area contributed by atoms with E-state index < -0.39 is 0 Å². The summed E-state index contributed by atoms with van der Waals surface area (Å²) in [6, 6.07) is 20.6. The van der Waals surface area contributed by atoms with Crippen molar-refractivity contribution in [1.29, 1.82) is 0 Å². The van der Waals surface area contributed by atoms with Crippen LogP contribution in [0, 0.1) is 0 Å². The van der Waals surface area contributed by atoms with E-state index in [9.17, 15) is 0 Å². The van der Waals surface area contributed by atoms with E-state index in [0.29, 0.717) is 0 Å². The molecule has 0 aliphatic rings. The zero-order valence-corrected chi connectivity index (χ0v) is 13.7. The van der Waals surface area contributed by atoms with Crippen LogP contribution in [0.25, 0.3) is 22.2 Å². The molecule has 3 N–H and O–H groups in total. The average Bonchev–Trinajstić information content (AvgIpc) is 2.54. The Kier molecular flexibility index (Phi) is 4.30. The van der Waals surface area contributed by atoms with Gasteiger partial charge in [0.15, 0.2) is 0 Å². The maximum Gasteiger partial charge on any atom is 0.0730 e. The van der Waals surface area contributed by atoms with Gasteiger partial charge in [0.1, 0.15) is 0 Å². The van der Waals surface area contributed by atoms with Crippen LogP contribution in [0.15, 0.2) is 60.7 Å². The van der Waals surface area contributed by atoms with E-state index in [2.05, 4.69) is 49.5 Å². The molecule has 1 aromatic heterocycles. The first-order valence-corrected chi connectivity index (χ1v) is 8.01. The molecule has 0 atom stereocenters. The Balaban J connectivity index is 1.98. The molecular weight excluding hydrogens is 282 g/mol. The highest BCUT2D eigenvalue weighted by atomic mass is 14.9. The fourth-order valence-electron chi connectivity index (χ4n) is 2.60. The van der Waals surface area contributed by atoms with Crippen molar-refractivity contribution in [2.45, 2.75) is 25.8 Å². The van der Waals surface area contributed by atoms with Crippen LogP contribution in [0.3, 0.4) is 0 Å². The molecule has 0 aliphatic heterocycles. The van der Waals surface area contributed by atoms with Crippen LogP contribution >= 0.6 is 0 Å². The average molecular weight is 305 g/mol. The molecule has 0 fully saturated rings. The smallest absolute Gasteiger partial charge is 0.0730 e. The molecule has 0 bridgehead atoms. The highest BCUT2D eigenvalue weighted by Gasteiger charge is 2.11. The molecule has 2 aromatic carbocycles. The van der Waals surface area contributed by atoms with Crippen LogP contribution in [-0.4, -0.2) is 17.1 Å². The molecule has 0 aliphatic carbocycles. The zero-order chi connectivity index (χ0) is 16.3. The SMILES string of the molecule is CC(C)(N)CCNc1cc(-c2ccccc2)nc2ccccc12. The van der Waals surface area contributed by atoms with E-state index >= 15 is 0 Å². The number of fused-ring (bicyclic) bond motifs is 1. The molecule has 0 radical (unpaired) electrons. The van der Waals surface area contributed by atoms with Gasteiger partial charge in [0, 0.05) is 28.7 Å². The van der Waals surface area contributed by atoms with Gasteiger partial charge in [0.25, 0.3) is 0 Å². The first-order valence-electron chi connectivity index (χ1n) is 8.01. The van der Waals surface area contributed by atoms with Crippen molar-refractivity contribution >= 4 is 16.6 Å². The van der Waals surface area contributed by atoms with Crippen molar-refractivity contribution < 1.29 is 0 Å².